The smallest absolute Gasteiger partial charge is 0.350 e. The fourth-order valence-electron chi connectivity index (χ4n) is 2.68. The van der Waals surface area contributed by atoms with Gasteiger partial charge in [-0.15, -0.1) is 0 Å². The number of hydrogen-bond acceptors (Lipinski definition) is 6. The molecule has 0 N–H and O–H groups in total. The molecule has 7 nitrogen and oxygen atoms in total. The Morgan fingerprint density at radius 2 is 1.87 bits per heavy atom. The summed E-state index contributed by atoms with van der Waals surface area (Å²) in [6.45, 7) is -0.374. The third kappa shape index (κ3) is 3.62. The van der Waals surface area contributed by atoms with Crippen LogP contribution in [0.4, 0.5) is 13.2 Å². The topological polar surface area (TPSA) is 79.0 Å². The fourth-order valence-corrected chi connectivity index (χ4v) is 3.30. The van der Waals surface area contributed by atoms with Gasteiger partial charge in [0.1, 0.15) is 18.0 Å². The van der Waals surface area contributed by atoms with Gasteiger partial charge in [-0.05, 0) is 24.3 Å². The number of carbonyl (C=O) groups excluding carboxylic acids is 1. The summed E-state index contributed by atoms with van der Waals surface area (Å²) in [5, 5.41) is 4.01. The largest absolute Gasteiger partial charge is 0.441 e. The van der Waals surface area contributed by atoms with Gasteiger partial charge in [0.05, 0.1) is 17.7 Å². The Bertz CT molecular complexity index is 1280. The molecule has 0 saturated heterocycles. The number of hydrogen-bond donors (Lipinski definition) is 0. The van der Waals surface area contributed by atoms with E-state index in [0.29, 0.717) is 6.29 Å². The van der Waals surface area contributed by atoms with Crippen LogP contribution in [0.15, 0.2) is 53.0 Å². The van der Waals surface area contributed by atoms with E-state index in [1.807, 2.05) is 0 Å². The molecule has 0 unspecified atom stereocenters. The van der Waals surface area contributed by atoms with Crippen molar-refractivity contribution in [3.05, 3.63) is 87.4 Å². The summed E-state index contributed by atoms with van der Waals surface area (Å²) >= 11 is 1.02. The molecule has 4 aromatic rings. The van der Waals surface area contributed by atoms with Gasteiger partial charge in [0.2, 0.25) is 5.06 Å². The molecule has 0 atom stereocenters. The van der Waals surface area contributed by atoms with Crippen LogP contribution < -0.4 is 10.4 Å². The number of carbonyl (C=O) groups is 1. The van der Waals surface area contributed by atoms with Gasteiger partial charge in [0, 0.05) is 11.6 Å². The Hall–Kier alpha value is -3.73. The average Bonchev–Trinajstić information content (AvgIpc) is 3.32. The molecule has 30 heavy (non-hydrogen) atoms. The van der Waals surface area contributed by atoms with Crippen molar-refractivity contribution in [2.75, 3.05) is 0 Å². The van der Waals surface area contributed by atoms with Crippen LogP contribution in [0, 0.1) is 17.5 Å². The number of benzene rings is 2. The second-order valence-electron chi connectivity index (χ2n) is 6.01. The number of aromatic nitrogens is 4. The molecule has 0 aliphatic carbocycles. The highest BCUT2D eigenvalue weighted by atomic mass is 32.1. The first kappa shape index (κ1) is 19.6. The van der Waals surface area contributed by atoms with Gasteiger partial charge in [0.25, 0.3) is 0 Å². The maximum atomic E-state index is 14.5. The van der Waals surface area contributed by atoms with Gasteiger partial charge < -0.3 is 4.74 Å². The van der Waals surface area contributed by atoms with Crippen molar-refractivity contribution in [1.29, 1.82) is 0 Å². The minimum atomic E-state index is -0.806. The van der Waals surface area contributed by atoms with Crippen LogP contribution in [0.2, 0.25) is 0 Å². The lowest BCUT2D eigenvalue weighted by Gasteiger charge is -2.07. The van der Waals surface area contributed by atoms with Crippen molar-refractivity contribution in [2.45, 2.75) is 6.54 Å². The van der Waals surface area contributed by atoms with Gasteiger partial charge >= 0.3 is 5.69 Å². The van der Waals surface area contributed by atoms with Gasteiger partial charge in [-0.3, -0.25) is 9.36 Å². The van der Waals surface area contributed by atoms with E-state index in [9.17, 15) is 22.8 Å². The summed E-state index contributed by atoms with van der Waals surface area (Å²) in [7, 11) is 0. The summed E-state index contributed by atoms with van der Waals surface area (Å²) in [6.07, 6.45) is 1.59. The van der Waals surface area contributed by atoms with E-state index in [1.54, 1.807) is 0 Å². The third-order valence-electron chi connectivity index (χ3n) is 4.16. The Morgan fingerprint density at radius 3 is 2.57 bits per heavy atom. The van der Waals surface area contributed by atoms with Crippen molar-refractivity contribution in [2.24, 2.45) is 0 Å². The number of ether oxygens (including phenoxy) is 1. The first-order valence-corrected chi connectivity index (χ1v) is 9.29. The molecule has 2 heterocycles. The van der Waals surface area contributed by atoms with Gasteiger partial charge in [-0.2, -0.15) is 9.78 Å². The van der Waals surface area contributed by atoms with Crippen LogP contribution in [-0.4, -0.2) is 25.6 Å². The maximum Gasteiger partial charge on any atom is 0.350 e. The maximum absolute atomic E-state index is 14.5. The minimum Gasteiger partial charge on any atom is -0.441 e. The van der Waals surface area contributed by atoms with Crippen molar-refractivity contribution >= 4 is 17.6 Å². The molecule has 11 heteroatoms. The second-order valence-corrected chi connectivity index (χ2v) is 6.83. The lowest BCUT2D eigenvalue weighted by molar-refractivity contribution is 0.111. The van der Waals surface area contributed by atoms with E-state index in [-0.39, 0.29) is 34.3 Å². The molecule has 0 radical (unpaired) electrons. The van der Waals surface area contributed by atoms with Crippen molar-refractivity contribution in [1.82, 2.24) is 19.3 Å². The van der Waals surface area contributed by atoms with Crippen LogP contribution >= 0.6 is 11.3 Å². The van der Waals surface area contributed by atoms with Crippen LogP contribution in [0.3, 0.4) is 0 Å². The molecule has 152 valence electrons. The molecule has 0 amide bonds. The van der Waals surface area contributed by atoms with E-state index in [0.717, 1.165) is 45.1 Å². The molecule has 0 saturated carbocycles. The monoisotopic (exact) mass is 432 g/mol. The van der Waals surface area contributed by atoms with E-state index < -0.39 is 23.1 Å². The highest BCUT2D eigenvalue weighted by molar-refractivity contribution is 7.11. The lowest BCUT2D eigenvalue weighted by atomic mass is 10.2. The summed E-state index contributed by atoms with van der Waals surface area (Å²) in [5.74, 6) is -2.56. The molecule has 0 aliphatic heterocycles. The molecule has 4 rings (SSSR count). The molecule has 0 spiro atoms. The van der Waals surface area contributed by atoms with Crippen LogP contribution in [0.1, 0.15) is 16.1 Å². The van der Waals surface area contributed by atoms with Crippen molar-refractivity contribution in [3.63, 3.8) is 0 Å². The highest BCUT2D eigenvalue weighted by Crippen LogP contribution is 2.30. The van der Waals surface area contributed by atoms with Crippen molar-refractivity contribution in [3.8, 4) is 16.5 Å². The zero-order valence-corrected chi connectivity index (χ0v) is 15.8. The van der Waals surface area contributed by atoms with Crippen molar-refractivity contribution < 1.29 is 22.7 Å². The first-order chi connectivity index (χ1) is 14.5. The second kappa shape index (κ2) is 7.95. The number of aldehydes is 1. The van der Waals surface area contributed by atoms with E-state index in [2.05, 4.69) is 10.1 Å². The molecule has 0 fully saturated rings. The Balaban J connectivity index is 1.61. The van der Waals surface area contributed by atoms with E-state index >= 15 is 0 Å². The normalized spacial score (nSPS) is 10.9. The van der Waals surface area contributed by atoms with Crippen LogP contribution in [-0.2, 0) is 6.54 Å². The van der Waals surface area contributed by atoms with E-state index in [4.69, 9.17) is 4.74 Å². The first-order valence-electron chi connectivity index (χ1n) is 8.41. The van der Waals surface area contributed by atoms with Gasteiger partial charge in [-0.1, -0.05) is 17.4 Å². The quantitative estimate of drug-likeness (QED) is 0.436. The number of nitrogens with zero attached hydrogens (tertiary/aromatic N) is 4. The Morgan fingerprint density at radius 1 is 1.10 bits per heavy atom. The van der Waals surface area contributed by atoms with Crippen LogP contribution in [0.25, 0.3) is 5.69 Å². The van der Waals surface area contributed by atoms with Gasteiger partial charge in [0.15, 0.2) is 23.5 Å². The SMILES string of the molecule is O=Cc1ncsc1Oc1ccc(-n2ncn(Cc3c(F)cccc3F)c2=O)cc1F. The lowest BCUT2D eigenvalue weighted by Crippen LogP contribution is -2.24. The van der Waals surface area contributed by atoms with E-state index in [1.165, 1.54) is 23.7 Å². The summed E-state index contributed by atoms with van der Waals surface area (Å²) in [4.78, 5) is 27.2. The summed E-state index contributed by atoms with van der Waals surface area (Å²) in [6, 6.07) is 7.04. The predicted molar refractivity (Wildman–Crippen MR) is 101 cm³/mol. The van der Waals surface area contributed by atoms with Crippen LogP contribution in [0.5, 0.6) is 10.8 Å². The Labute approximate surface area is 170 Å². The molecular formula is C19H11F3N4O3S. The molecule has 2 aromatic heterocycles. The Kier molecular flexibility index (Phi) is 5.19. The number of thiazole rings is 1. The summed E-state index contributed by atoms with van der Waals surface area (Å²) < 4.78 is 49.4. The predicted octanol–water partition coefficient (Wildman–Crippen LogP) is 3.56. The standard InChI is InChI=1S/C19H11F3N4O3S/c20-13-2-1-3-14(21)12(13)7-25-9-24-26(19(25)28)11-4-5-17(15(22)6-11)29-18-16(8-27)23-10-30-18/h1-6,8-10H,7H2. The number of rotatable bonds is 6. The molecule has 0 aliphatic rings. The molecule has 0 bridgehead atoms. The third-order valence-corrected chi connectivity index (χ3v) is 4.88. The minimum absolute atomic E-state index is 0.0406. The molecule has 2 aromatic carbocycles. The average molecular weight is 432 g/mol. The van der Waals surface area contributed by atoms with Gasteiger partial charge in [-0.25, -0.2) is 22.9 Å². The zero-order valence-electron chi connectivity index (χ0n) is 15.0. The summed E-state index contributed by atoms with van der Waals surface area (Å²) in [5.41, 5.74) is 0.507. The highest BCUT2D eigenvalue weighted by Gasteiger charge is 2.16. The number of halogens is 3. The zero-order chi connectivity index (χ0) is 21.3. The molecular weight excluding hydrogens is 421 g/mol. The fraction of sp³-hybridized carbons (Fsp3) is 0.0526.